The summed E-state index contributed by atoms with van der Waals surface area (Å²) in [5.74, 6) is 0.192. The molecule has 0 aliphatic heterocycles. The Balaban J connectivity index is 4.11. The molecule has 0 heterocycles. The van der Waals surface area contributed by atoms with Gasteiger partial charge in [0.2, 0.25) is 0 Å². The van der Waals surface area contributed by atoms with Crippen LogP contribution in [0.3, 0.4) is 0 Å². The van der Waals surface area contributed by atoms with Crippen molar-refractivity contribution in [3.05, 3.63) is 0 Å². The maximum absolute atomic E-state index is 11.8. The third-order valence-corrected chi connectivity index (χ3v) is 5.04. The number of carbonyl (C=O) groups excluding carboxylic acids is 1. The summed E-state index contributed by atoms with van der Waals surface area (Å²) in [4.78, 5) is 22.6. The molecule has 0 spiro atoms. The van der Waals surface area contributed by atoms with Gasteiger partial charge in [-0.05, 0) is 20.3 Å². The Morgan fingerprint density at radius 3 is 2.50 bits per heavy atom. The highest BCUT2D eigenvalue weighted by Crippen LogP contribution is 2.24. The second-order valence-electron chi connectivity index (χ2n) is 4.34. The highest BCUT2D eigenvalue weighted by Gasteiger charge is 2.24. The lowest BCUT2D eigenvalue weighted by Crippen LogP contribution is -2.47. The van der Waals surface area contributed by atoms with Crippen LogP contribution in [0, 0.1) is 0 Å². The highest BCUT2D eigenvalue weighted by atomic mass is 33.1. The zero-order valence-electron chi connectivity index (χ0n) is 12.4. The standard InChI is InChI=1S/C13H25NO4S2/c1-4-6-7-8-19-20-9-11(13(17)18-5-2)14-10(3)12(15)16/h10-11,14H,4-9H2,1-3H3,(H,15,16)/t10?,11-/m0/s1. The number of carbonyl (C=O) groups is 2. The summed E-state index contributed by atoms with van der Waals surface area (Å²) in [6.07, 6.45) is 3.56. The number of hydrogen-bond donors (Lipinski definition) is 2. The van der Waals surface area contributed by atoms with E-state index in [2.05, 4.69) is 12.2 Å². The van der Waals surface area contributed by atoms with Gasteiger partial charge in [0.15, 0.2) is 0 Å². The normalized spacial score (nSPS) is 13.8. The second-order valence-corrected chi connectivity index (χ2v) is 6.97. The van der Waals surface area contributed by atoms with Crippen LogP contribution < -0.4 is 5.32 Å². The van der Waals surface area contributed by atoms with Crippen molar-refractivity contribution in [3.63, 3.8) is 0 Å². The second kappa shape index (κ2) is 12.3. The fourth-order valence-corrected chi connectivity index (χ4v) is 3.69. The predicted molar refractivity (Wildman–Crippen MR) is 85.1 cm³/mol. The fourth-order valence-electron chi connectivity index (χ4n) is 1.39. The number of rotatable bonds is 12. The molecule has 1 unspecified atom stereocenters. The quantitative estimate of drug-likeness (QED) is 0.325. The smallest absolute Gasteiger partial charge is 0.324 e. The van der Waals surface area contributed by atoms with Gasteiger partial charge in [-0.3, -0.25) is 14.9 Å². The molecule has 7 heteroatoms. The van der Waals surface area contributed by atoms with Gasteiger partial charge < -0.3 is 9.84 Å². The van der Waals surface area contributed by atoms with Crippen LogP contribution in [0.2, 0.25) is 0 Å². The SMILES string of the molecule is CCCCCSSC[C@H](NC(C)C(=O)O)C(=O)OCC. The molecule has 0 fully saturated rings. The molecule has 0 aliphatic rings. The molecule has 0 radical (unpaired) electrons. The third-order valence-electron chi connectivity index (χ3n) is 2.54. The van der Waals surface area contributed by atoms with Crippen LogP contribution >= 0.6 is 21.6 Å². The lowest BCUT2D eigenvalue weighted by Gasteiger charge is -2.19. The van der Waals surface area contributed by atoms with Gasteiger partial charge in [-0.1, -0.05) is 41.4 Å². The molecule has 118 valence electrons. The van der Waals surface area contributed by atoms with Crippen LogP contribution in [-0.2, 0) is 14.3 Å². The summed E-state index contributed by atoms with van der Waals surface area (Å²) in [5, 5.41) is 11.7. The van der Waals surface area contributed by atoms with Gasteiger partial charge in [0.1, 0.15) is 12.1 Å². The first-order valence-corrected chi connectivity index (χ1v) is 9.41. The number of unbranched alkanes of at least 4 members (excludes halogenated alkanes) is 2. The minimum absolute atomic E-state index is 0.298. The Hall–Kier alpha value is -0.400. The van der Waals surface area contributed by atoms with E-state index >= 15 is 0 Å². The maximum atomic E-state index is 11.8. The highest BCUT2D eigenvalue weighted by molar-refractivity contribution is 8.76. The molecule has 0 aromatic heterocycles. The summed E-state index contributed by atoms with van der Waals surface area (Å²) < 4.78 is 4.96. The van der Waals surface area contributed by atoms with Crippen LogP contribution in [0.5, 0.6) is 0 Å². The number of ether oxygens (including phenoxy) is 1. The zero-order valence-corrected chi connectivity index (χ0v) is 14.0. The molecule has 0 bridgehead atoms. The molecule has 0 aromatic rings. The van der Waals surface area contributed by atoms with E-state index in [0.717, 1.165) is 12.2 Å². The van der Waals surface area contributed by atoms with Gasteiger partial charge >= 0.3 is 11.9 Å². The molecular weight excluding hydrogens is 298 g/mol. The Morgan fingerprint density at radius 2 is 1.95 bits per heavy atom. The van der Waals surface area contributed by atoms with Crippen LogP contribution in [0.15, 0.2) is 0 Å². The van der Waals surface area contributed by atoms with Crippen LogP contribution in [0.1, 0.15) is 40.0 Å². The van der Waals surface area contributed by atoms with Crippen molar-refractivity contribution in [1.29, 1.82) is 0 Å². The van der Waals surface area contributed by atoms with Crippen molar-refractivity contribution in [2.75, 3.05) is 18.1 Å². The van der Waals surface area contributed by atoms with E-state index in [0.29, 0.717) is 12.4 Å². The molecular formula is C13H25NO4S2. The Kier molecular flexibility index (Phi) is 12.1. The van der Waals surface area contributed by atoms with Crippen molar-refractivity contribution in [2.45, 2.75) is 52.1 Å². The fraction of sp³-hybridized carbons (Fsp3) is 0.846. The average molecular weight is 323 g/mol. The van der Waals surface area contributed by atoms with Gasteiger partial charge in [0.05, 0.1) is 6.61 Å². The van der Waals surface area contributed by atoms with E-state index in [1.807, 2.05) is 0 Å². The number of aliphatic carboxylic acids is 1. The summed E-state index contributed by atoms with van der Waals surface area (Å²) in [7, 11) is 3.29. The minimum atomic E-state index is -0.972. The Morgan fingerprint density at radius 1 is 1.25 bits per heavy atom. The molecule has 2 atom stereocenters. The first-order valence-electron chi connectivity index (χ1n) is 6.92. The van der Waals surface area contributed by atoms with Crippen LogP contribution in [-0.4, -0.2) is 47.2 Å². The molecule has 0 aliphatic carbocycles. The molecule has 2 N–H and O–H groups in total. The molecule has 0 amide bonds. The van der Waals surface area contributed by atoms with Crippen molar-refractivity contribution in [2.24, 2.45) is 0 Å². The number of hydrogen-bond acceptors (Lipinski definition) is 6. The largest absolute Gasteiger partial charge is 0.480 e. The zero-order chi connectivity index (χ0) is 15.4. The van der Waals surface area contributed by atoms with E-state index in [1.165, 1.54) is 19.8 Å². The van der Waals surface area contributed by atoms with Crippen LogP contribution in [0.4, 0.5) is 0 Å². The predicted octanol–water partition coefficient (Wildman–Crippen LogP) is 2.55. The molecule has 0 saturated carbocycles. The van der Waals surface area contributed by atoms with Gasteiger partial charge in [-0.25, -0.2) is 0 Å². The summed E-state index contributed by atoms with van der Waals surface area (Å²) in [6.45, 7) is 5.72. The first-order chi connectivity index (χ1) is 9.52. The average Bonchev–Trinajstić information content (AvgIpc) is 2.41. The van der Waals surface area contributed by atoms with Crippen molar-refractivity contribution in [3.8, 4) is 0 Å². The number of carboxylic acids is 1. The number of carboxylic acid groups (broad SMARTS) is 1. The van der Waals surface area contributed by atoms with E-state index in [-0.39, 0.29) is 5.97 Å². The Bertz CT molecular complexity index is 290. The lowest BCUT2D eigenvalue weighted by atomic mass is 10.2. The van der Waals surface area contributed by atoms with Crippen molar-refractivity contribution in [1.82, 2.24) is 5.32 Å². The monoisotopic (exact) mass is 323 g/mol. The van der Waals surface area contributed by atoms with Gasteiger partial charge in [-0.15, -0.1) is 0 Å². The lowest BCUT2D eigenvalue weighted by molar-refractivity contribution is -0.146. The first kappa shape index (κ1) is 19.6. The van der Waals surface area contributed by atoms with Crippen LogP contribution in [0.25, 0.3) is 0 Å². The van der Waals surface area contributed by atoms with E-state index in [1.54, 1.807) is 28.5 Å². The van der Waals surface area contributed by atoms with E-state index in [9.17, 15) is 9.59 Å². The minimum Gasteiger partial charge on any atom is -0.480 e. The van der Waals surface area contributed by atoms with E-state index in [4.69, 9.17) is 9.84 Å². The van der Waals surface area contributed by atoms with Gasteiger partial charge in [-0.2, -0.15) is 0 Å². The van der Waals surface area contributed by atoms with Gasteiger partial charge in [0, 0.05) is 11.5 Å². The number of esters is 1. The summed E-state index contributed by atoms with van der Waals surface area (Å²) >= 11 is 0. The van der Waals surface area contributed by atoms with Gasteiger partial charge in [0.25, 0.3) is 0 Å². The summed E-state index contributed by atoms with van der Waals surface area (Å²) in [6, 6.07) is -1.35. The summed E-state index contributed by atoms with van der Waals surface area (Å²) in [5.41, 5.74) is 0. The third kappa shape index (κ3) is 9.50. The molecule has 0 aromatic carbocycles. The van der Waals surface area contributed by atoms with E-state index < -0.39 is 18.1 Å². The number of nitrogens with one attached hydrogen (secondary N) is 1. The topological polar surface area (TPSA) is 75.6 Å². The molecule has 5 nitrogen and oxygen atoms in total. The molecule has 0 saturated heterocycles. The molecule has 0 rings (SSSR count). The Labute approximate surface area is 129 Å². The molecule has 20 heavy (non-hydrogen) atoms. The van der Waals surface area contributed by atoms with Crippen molar-refractivity contribution >= 4 is 33.5 Å². The van der Waals surface area contributed by atoms with Crippen molar-refractivity contribution < 1.29 is 19.4 Å². The maximum Gasteiger partial charge on any atom is 0.324 e.